The third kappa shape index (κ3) is 6.84. The number of thioether (sulfide) groups is 1. The fourth-order valence-corrected chi connectivity index (χ4v) is 4.97. The Morgan fingerprint density at radius 3 is 2.47 bits per heavy atom. The largest absolute Gasteiger partial charge is 0.487 e. The molecule has 0 saturated carbocycles. The Morgan fingerprint density at radius 2 is 1.68 bits per heavy atom. The highest BCUT2D eigenvalue weighted by molar-refractivity contribution is 8.00. The molecule has 174 valence electrons. The van der Waals surface area contributed by atoms with Crippen LogP contribution in [0.2, 0.25) is 0 Å². The van der Waals surface area contributed by atoms with Crippen molar-refractivity contribution in [3.05, 3.63) is 108 Å². The molecule has 4 rings (SSSR count). The third-order valence-electron chi connectivity index (χ3n) is 5.70. The molecule has 1 atom stereocenters. The van der Waals surface area contributed by atoms with E-state index in [9.17, 15) is 4.79 Å². The number of fused-ring (bicyclic) bond motifs is 1. The predicted octanol–water partition coefficient (Wildman–Crippen LogP) is 6.78. The minimum Gasteiger partial charge on any atom is -0.487 e. The van der Waals surface area contributed by atoms with Crippen LogP contribution in [0.3, 0.4) is 0 Å². The van der Waals surface area contributed by atoms with Gasteiger partial charge in [0, 0.05) is 10.6 Å². The van der Waals surface area contributed by atoms with Gasteiger partial charge in [-0.1, -0.05) is 66.7 Å². The van der Waals surface area contributed by atoms with Gasteiger partial charge in [0.25, 0.3) is 0 Å². The van der Waals surface area contributed by atoms with Crippen LogP contribution in [0.15, 0.2) is 91.0 Å². The zero-order valence-electron chi connectivity index (χ0n) is 19.4. The van der Waals surface area contributed by atoms with Crippen molar-refractivity contribution in [2.24, 2.45) is 0 Å². The van der Waals surface area contributed by atoms with Crippen LogP contribution >= 0.6 is 11.8 Å². The topological polar surface area (TPSA) is 48.4 Å². The lowest BCUT2D eigenvalue weighted by atomic mass is 10.0. The average Bonchev–Trinajstić information content (AvgIpc) is 2.90. The molecule has 1 aromatic heterocycles. The number of methoxy groups -OCH3 is 1. The number of aryl methyl sites for hydroxylation is 1. The molecule has 0 saturated heterocycles. The smallest absolute Gasteiger partial charge is 0.315 e. The van der Waals surface area contributed by atoms with Crippen LogP contribution in [0.1, 0.15) is 34.9 Å². The van der Waals surface area contributed by atoms with Gasteiger partial charge in [0.15, 0.2) is 0 Å². The summed E-state index contributed by atoms with van der Waals surface area (Å²) in [6, 6.07) is 30.9. The first-order valence-corrected chi connectivity index (χ1v) is 12.6. The van der Waals surface area contributed by atoms with Gasteiger partial charge in [0.1, 0.15) is 12.4 Å². The van der Waals surface area contributed by atoms with Gasteiger partial charge >= 0.3 is 5.97 Å². The van der Waals surface area contributed by atoms with Crippen LogP contribution in [-0.2, 0) is 22.6 Å². The number of benzene rings is 3. The number of para-hydroxylation sites is 1. The third-order valence-corrected chi connectivity index (χ3v) is 7.01. The summed E-state index contributed by atoms with van der Waals surface area (Å²) in [5.41, 5.74) is 4.40. The van der Waals surface area contributed by atoms with Gasteiger partial charge in [0.2, 0.25) is 0 Å². The maximum absolute atomic E-state index is 11.7. The SMILES string of the molecule is COC(=O)CSC(CCCc1ccccc1)c1ccc(OCc2ccc3ccccc3n2)cc1. The summed E-state index contributed by atoms with van der Waals surface area (Å²) in [6.45, 7) is 0.418. The van der Waals surface area contributed by atoms with Crippen LogP contribution in [-0.4, -0.2) is 23.8 Å². The lowest BCUT2D eigenvalue weighted by Crippen LogP contribution is -2.06. The second-order valence-electron chi connectivity index (χ2n) is 8.11. The minimum atomic E-state index is -0.194. The van der Waals surface area contributed by atoms with E-state index in [-0.39, 0.29) is 11.2 Å². The van der Waals surface area contributed by atoms with Gasteiger partial charge in [-0.2, -0.15) is 0 Å². The van der Waals surface area contributed by atoms with E-state index in [1.165, 1.54) is 18.2 Å². The number of pyridine rings is 1. The number of esters is 1. The molecular weight excluding hydrogens is 442 g/mol. The van der Waals surface area contributed by atoms with E-state index in [0.29, 0.717) is 12.4 Å². The summed E-state index contributed by atoms with van der Waals surface area (Å²) in [5.74, 6) is 0.957. The average molecular weight is 472 g/mol. The van der Waals surface area contributed by atoms with E-state index in [2.05, 4.69) is 53.5 Å². The van der Waals surface area contributed by atoms with Crippen molar-refractivity contribution >= 4 is 28.6 Å². The Labute approximate surface area is 205 Å². The monoisotopic (exact) mass is 471 g/mol. The number of rotatable bonds is 11. The fourth-order valence-electron chi connectivity index (χ4n) is 3.83. The zero-order valence-corrected chi connectivity index (χ0v) is 20.2. The molecule has 0 radical (unpaired) electrons. The lowest BCUT2D eigenvalue weighted by Gasteiger charge is -2.17. The van der Waals surface area contributed by atoms with Crippen molar-refractivity contribution in [2.45, 2.75) is 31.1 Å². The number of nitrogens with zero attached hydrogens (tertiary/aromatic N) is 1. The van der Waals surface area contributed by atoms with E-state index < -0.39 is 0 Å². The molecule has 0 aliphatic heterocycles. The van der Waals surface area contributed by atoms with Crippen molar-refractivity contribution in [1.29, 1.82) is 0 Å². The molecule has 0 fully saturated rings. The fraction of sp³-hybridized carbons (Fsp3) is 0.241. The maximum atomic E-state index is 11.7. The summed E-state index contributed by atoms with van der Waals surface area (Å²) in [5, 5.41) is 1.34. The van der Waals surface area contributed by atoms with E-state index in [4.69, 9.17) is 9.47 Å². The molecule has 0 amide bonds. The van der Waals surface area contributed by atoms with Gasteiger partial charge in [-0.15, -0.1) is 11.8 Å². The van der Waals surface area contributed by atoms with Crippen LogP contribution < -0.4 is 4.74 Å². The molecule has 4 aromatic rings. The van der Waals surface area contributed by atoms with Gasteiger partial charge in [0.05, 0.1) is 24.1 Å². The zero-order chi connectivity index (χ0) is 23.6. The summed E-state index contributed by atoms with van der Waals surface area (Å²) < 4.78 is 10.8. The molecule has 0 bridgehead atoms. The van der Waals surface area contributed by atoms with Crippen molar-refractivity contribution in [3.63, 3.8) is 0 Å². The Morgan fingerprint density at radius 1 is 0.912 bits per heavy atom. The van der Waals surface area contributed by atoms with Crippen LogP contribution in [0, 0.1) is 0 Å². The summed E-state index contributed by atoms with van der Waals surface area (Å²) in [6.07, 6.45) is 3.06. The highest BCUT2D eigenvalue weighted by Crippen LogP contribution is 2.34. The van der Waals surface area contributed by atoms with Crippen molar-refractivity contribution < 1.29 is 14.3 Å². The summed E-state index contributed by atoms with van der Waals surface area (Å²) >= 11 is 1.63. The van der Waals surface area contributed by atoms with Crippen LogP contribution in [0.4, 0.5) is 0 Å². The second-order valence-corrected chi connectivity index (χ2v) is 9.30. The van der Waals surface area contributed by atoms with Gasteiger partial charge in [-0.3, -0.25) is 4.79 Å². The van der Waals surface area contributed by atoms with E-state index in [0.717, 1.165) is 41.6 Å². The number of aromatic nitrogens is 1. The number of hydrogen-bond donors (Lipinski definition) is 0. The van der Waals surface area contributed by atoms with Gasteiger partial charge < -0.3 is 9.47 Å². The first-order valence-electron chi connectivity index (χ1n) is 11.5. The summed E-state index contributed by atoms with van der Waals surface area (Å²) in [4.78, 5) is 16.4. The van der Waals surface area contributed by atoms with Crippen LogP contribution in [0.25, 0.3) is 10.9 Å². The molecule has 3 aromatic carbocycles. The second kappa shape index (κ2) is 12.2. The number of carbonyl (C=O) groups is 1. The normalized spacial score (nSPS) is 11.8. The molecule has 5 heteroatoms. The molecular formula is C29H29NO3S. The first kappa shape index (κ1) is 23.8. The Bertz CT molecular complexity index is 1190. The molecule has 0 N–H and O–H groups in total. The highest BCUT2D eigenvalue weighted by atomic mass is 32.2. The Balaban J connectivity index is 1.36. The number of hydrogen-bond acceptors (Lipinski definition) is 5. The molecule has 34 heavy (non-hydrogen) atoms. The summed E-state index contributed by atoms with van der Waals surface area (Å²) in [7, 11) is 1.43. The standard InChI is InChI=1S/C29H29NO3S/c1-32-29(31)21-34-28(13-7-10-22-8-3-2-4-9-22)24-15-18-26(19-16-24)33-20-25-17-14-23-11-5-6-12-27(23)30-25/h2-6,8-9,11-12,14-19,28H,7,10,13,20-21H2,1H3. The molecule has 4 nitrogen and oxygen atoms in total. The maximum Gasteiger partial charge on any atom is 0.315 e. The van der Waals surface area contributed by atoms with Gasteiger partial charge in [-0.05, 0) is 54.7 Å². The Kier molecular flexibility index (Phi) is 8.58. The molecule has 1 heterocycles. The minimum absolute atomic E-state index is 0.194. The first-order chi connectivity index (χ1) is 16.7. The lowest BCUT2D eigenvalue weighted by molar-refractivity contribution is -0.137. The predicted molar refractivity (Wildman–Crippen MR) is 139 cm³/mol. The van der Waals surface area contributed by atoms with Crippen molar-refractivity contribution in [1.82, 2.24) is 4.98 Å². The van der Waals surface area contributed by atoms with Crippen molar-refractivity contribution in [3.8, 4) is 5.75 Å². The molecule has 1 unspecified atom stereocenters. The molecule has 0 spiro atoms. The van der Waals surface area contributed by atoms with Crippen LogP contribution in [0.5, 0.6) is 5.75 Å². The quantitative estimate of drug-likeness (QED) is 0.226. The van der Waals surface area contributed by atoms with E-state index >= 15 is 0 Å². The number of ether oxygens (including phenoxy) is 2. The van der Waals surface area contributed by atoms with Gasteiger partial charge in [-0.25, -0.2) is 4.98 Å². The highest BCUT2D eigenvalue weighted by Gasteiger charge is 2.15. The Hall–Kier alpha value is -3.31. The van der Waals surface area contributed by atoms with E-state index in [1.54, 1.807) is 11.8 Å². The van der Waals surface area contributed by atoms with Crippen molar-refractivity contribution in [2.75, 3.05) is 12.9 Å². The van der Waals surface area contributed by atoms with E-state index in [1.807, 2.05) is 42.5 Å². The number of carbonyl (C=O) groups excluding carboxylic acids is 1. The molecule has 0 aliphatic carbocycles. The molecule has 0 aliphatic rings.